The lowest BCUT2D eigenvalue weighted by molar-refractivity contribution is 0.226. The molecule has 0 atom stereocenters. The van der Waals surface area contributed by atoms with Gasteiger partial charge in [0.25, 0.3) is 0 Å². The third-order valence-electron chi connectivity index (χ3n) is 4.18. The normalized spacial score (nSPS) is 24.9. The summed E-state index contributed by atoms with van der Waals surface area (Å²) in [5.41, 5.74) is 3.24. The fraction of sp³-hybridized carbons (Fsp3) is 0.800. The lowest BCUT2D eigenvalue weighted by atomic mass is 9.66. The van der Waals surface area contributed by atoms with Gasteiger partial charge in [0.2, 0.25) is 0 Å². The van der Waals surface area contributed by atoms with Crippen LogP contribution in [0.15, 0.2) is 0 Å². The predicted molar refractivity (Wildman–Crippen MR) is 73.6 cm³/mol. The van der Waals surface area contributed by atoms with Crippen molar-refractivity contribution in [1.82, 2.24) is 15.3 Å². The molecule has 0 unspecified atom stereocenters. The minimum Gasteiger partial charge on any atom is -0.345 e. The third kappa shape index (κ3) is 2.33. The number of hydrogen-bond donors (Lipinski definition) is 2. The molecular weight excluding hydrogens is 222 g/mol. The molecule has 100 valence electrons. The van der Waals surface area contributed by atoms with Gasteiger partial charge in [0, 0.05) is 17.2 Å². The molecule has 2 aliphatic carbocycles. The minimum absolute atomic E-state index is 0.200. The van der Waals surface area contributed by atoms with Crippen molar-refractivity contribution >= 4 is 0 Å². The van der Waals surface area contributed by atoms with E-state index in [1.807, 2.05) is 0 Å². The van der Waals surface area contributed by atoms with Crippen molar-refractivity contribution in [2.45, 2.75) is 71.4 Å². The summed E-state index contributed by atoms with van der Waals surface area (Å²) < 4.78 is 0. The number of nitrogens with one attached hydrogen (secondary N) is 2. The van der Waals surface area contributed by atoms with Crippen LogP contribution >= 0.6 is 0 Å². The molecule has 1 aromatic heterocycles. The zero-order chi connectivity index (χ0) is 13.0. The Morgan fingerprint density at radius 2 is 2.00 bits per heavy atom. The standard InChI is InChI=1S/C15H25N3/c1-14(2)7-11-13(15(3,4)9-14)18-12(17-11)8-16-10-5-6-10/h10,16H,5-9H2,1-4H3,(H,17,18). The van der Waals surface area contributed by atoms with E-state index in [0.717, 1.165) is 24.8 Å². The molecule has 0 aromatic carbocycles. The summed E-state index contributed by atoms with van der Waals surface area (Å²) in [7, 11) is 0. The van der Waals surface area contributed by atoms with Crippen LogP contribution in [-0.2, 0) is 18.4 Å². The number of fused-ring (bicyclic) bond motifs is 1. The lowest BCUT2D eigenvalue weighted by Crippen LogP contribution is -2.34. The van der Waals surface area contributed by atoms with Gasteiger partial charge in [-0.05, 0) is 31.1 Å². The number of rotatable bonds is 3. The van der Waals surface area contributed by atoms with Crippen molar-refractivity contribution in [3.8, 4) is 0 Å². The number of nitrogens with zero attached hydrogens (tertiary/aromatic N) is 1. The Balaban J connectivity index is 1.83. The molecule has 3 nitrogen and oxygen atoms in total. The van der Waals surface area contributed by atoms with Crippen molar-refractivity contribution in [1.29, 1.82) is 0 Å². The Morgan fingerprint density at radius 3 is 2.67 bits per heavy atom. The van der Waals surface area contributed by atoms with Crippen molar-refractivity contribution < 1.29 is 0 Å². The van der Waals surface area contributed by atoms with Crippen molar-refractivity contribution in [2.75, 3.05) is 0 Å². The maximum atomic E-state index is 4.85. The Hall–Kier alpha value is -0.830. The fourth-order valence-electron chi connectivity index (χ4n) is 3.58. The van der Waals surface area contributed by atoms with Crippen molar-refractivity contribution in [3.05, 3.63) is 17.2 Å². The summed E-state index contributed by atoms with van der Waals surface area (Å²) in [5, 5.41) is 3.54. The Labute approximate surface area is 110 Å². The molecule has 0 spiro atoms. The number of aromatic nitrogens is 2. The first-order valence-electron chi connectivity index (χ1n) is 7.17. The van der Waals surface area contributed by atoms with Crippen LogP contribution in [0.3, 0.4) is 0 Å². The van der Waals surface area contributed by atoms with Gasteiger partial charge in [-0.1, -0.05) is 27.7 Å². The quantitative estimate of drug-likeness (QED) is 0.862. The van der Waals surface area contributed by atoms with Gasteiger partial charge in [0.15, 0.2) is 0 Å². The second-order valence-corrected chi connectivity index (χ2v) is 7.57. The highest BCUT2D eigenvalue weighted by molar-refractivity contribution is 5.28. The van der Waals surface area contributed by atoms with Gasteiger partial charge in [-0.3, -0.25) is 0 Å². The molecular formula is C15H25N3. The first-order chi connectivity index (χ1) is 8.36. The summed E-state index contributed by atoms with van der Waals surface area (Å²) in [4.78, 5) is 8.41. The molecule has 3 heteroatoms. The highest BCUT2D eigenvalue weighted by Gasteiger charge is 2.39. The molecule has 1 saturated carbocycles. The average molecular weight is 247 g/mol. The largest absolute Gasteiger partial charge is 0.345 e. The van der Waals surface area contributed by atoms with E-state index < -0.39 is 0 Å². The van der Waals surface area contributed by atoms with Crippen LogP contribution in [0.4, 0.5) is 0 Å². The second kappa shape index (κ2) is 3.83. The maximum Gasteiger partial charge on any atom is 0.120 e. The third-order valence-corrected chi connectivity index (χ3v) is 4.18. The van der Waals surface area contributed by atoms with E-state index in [2.05, 4.69) is 38.0 Å². The molecule has 0 saturated heterocycles. The summed E-state index contributed by atoms with van der Waals surface area (Å²) in [5.74, 6) is 1.12. The molecule has 1 aromatic rings. The second-order valence-electron chi connectivity index (χ2n) is 7.57. The molecule has 1 fully saturated rings. The van der Waals surface area contributed by atoms with E-state index >= 15 is 0 Å². The predicted octanol–water partition coefficient (Wildman–Crippen LogP) is 2.91. The van der Waals surface area contributed by atoms with E-state index in [0.29, 0.717) is 5.41 Å². The highest BCUT2D eigenvalue weighted by Crippen LogP contribution is 2.44. The summed E-state index contributed by atoms with van der Waals surface area (Å²) in [6.07, 6.45) is 5.01. The van der Waals surface area contributed by atoms with Gasteiger partial charge in [-0.15, -0.1) is 0 Å². The topological polar surface area (TPSA) is 40.7 Å². The molecule has 0 amide bonds. The van der Waals surface area contributed by atoms with Crippen LogP contribution in [0.25, 0.3) is 0 Å². The van der Waals surface area contributed by atoms with Crippen LogP contribution in [0.2, 0.25) is 0 Å². The number of H-pyrrole nitrogens is 1. The molecule has 0 bridgehead atoms. The number of hydrogen-bond acceptors (Lipinski definition) is 2. The molecule has 1 heterocycles. The van der Waals surface area contributed by atoms with Gasteiger partial charge in [0.05, 0.1) is 12.2 Å². The van der Waals surface area contributed by atoms with Crippen LogP contribution in [0.1, 0.15) is 64.2 Å². The van der Waals surface area contributed by atoms with Crippen LogP contribution in [-0.4, -0.2) is 16.0 Å². The molecule has 18 heavy (non-hydrogen) atoms. The van der Waals surface area contributed by atoms with Crippen molar-refractivity contribution in [2.24, 2.45) is 5.41 Å². The summed E-state index contributed by atoms with van der Waals surface area (Å²) in [6, 6.07) is 0.747. The zero-order valence-corrected chi connectivity index (χ0v) is 12.1. The monoisotopic (exact) mass is 247 g/mol. The van der Waals surface area contributed by atoms with Gasteiger partial charge in [0.1, 0.15) is 5.82 Å². The maximum absolute atomic E-state index is 4.85. The van der Waals surface area contributed by atoms with Crippen molar-refractivity contribution in [3.63, 3.8) is 0 Å². The van der Waals surface area contributed by atoms with E-state index in [9.17, 15) is 0 Å². The molecule has 0 radical (unpaired) electrons. The smallest absolute Gasteiger partial charge is 0.120 e. The van der Waals surface area contributed by atoms with Gasteiger partial charge >= 0.3 is 0 Å². The first kappa shape index (κ1) is 12.2. The van der Waals surface area contributed by atoms with Gasteiger partial charge < -0.3 is 10.3 Å². The first-order valence-corrected chi connectivity index (χ1v) is 7.17. The fourth-order valence-corrected chi connectivity index (χ4v) is 3.58. The number of aromatic amines is 1. The highest BCUT2D eigenvalue weighted by atomic mass is 15.0. The Kier molecular flexibility index (Phi) is 2.60. The molecule has 2 aliphatic rings. The molecule has 3 rings (SSSR count). The van der Waals surface area contributed by atoms with Gasteiger partial charge in [-0.25, -0.2) is 4.98 Å². The van der Waals surface area contributed by atoms with E-state index in [1.165, 1.54) is 30.7 Å². The van der Waals surface area contributed by atoms with Crippen LogP contribution < -0.4 is 5.32 Å². The van der Waals surface area contributed by atoms with Crippen LogP contribution in [0, 0.1) is 5.41 Å². The van der Waals surface area contributed by atoms with E-state index in [4.69, 9.17) is 4.98 Å². The Bertz CT molecular complexity index is 452. The van der Waals surface area contributed by atoms with Gasteiger partial charge in [-0.2, -0.15) is 0 Å². The minimum atomic E-state index is 0.200. The lowest BCUT2D eigenvalue weighted by Gasteiger charge is -2.39. The average Bonchev–Trinajstić information content (AvgIpc) is 2.94. The molecule has 2 N–H and O–H groups in total. The number of imidazole rings is 1. The van der Waals surface area contributed by atoms with E-state index in [-0.39, 0.29) is 5.41 Å². The summed E-state index contributed by atoms with van der Waals surface area (Å²) >= 11 is 0. The SMILES string of the molecule is CC1(C)Cc2[nH]c(CNC3CC3)nc2C(C)(C)C1. The zero-order valence-electron chi connectivity index (χ0n) is 12.1. The van der Waals surface area contributed by atoms with E-state index in [1.54, 1.807) is 0 Å². The molecule has 0 aliphatic heterocycles. The summed E-state index contributed by atoms with van der Waals surface area (Å²) in [6.45, 7) is 10.3. The van der Waals surface area contributed by atoms with Crippen LogP contribution in [0.5, 0.6) is 0 Å². The Morgan fingerprint density at radius 1 is 1.28 bits per heavy atom.